The van der Waals surface area contributed by atoms with Crippen LogP contribution in [0.2, 0.25) is 0 Å². The minimum absolute atomic E-state index is 0.280. The van der Waals surface area contributed by atoms with Crippen molar-refractivity contribution in [3.05, 3.63) is 16.5 Å². The first-order chi connectivity index (χ1) is 8.71. The van der Waals surface area contributed by atoms with Gasteiger partial charge in [-0.1, -0.05) is 0 Å². The summed E-state index contributed by atoms with van der Waals surface area (Å²) in [5.41, 5.74) is 0.311. The van der Waals surface area contributed by atoms with Crippen LogP contribution in [0.5, 0.6) is 0 Å². The van der Waals surface area contributed by atoms with E-state index in [0.717, 1.165) is 29.2 Å². The highest BCUT2D eigenvalue weighted by Gasteiger charge is 2.41. The predicted octanol–water partition coefficient (Wildman–Crippen LogP) is 2.69. The maximum absolute atomic E-state index is 9.05. The lowest BCUT2D eigenvalue weighted by atomic mass is 10.0. The van der Waals surface area contributed by atoms with E-state index in [0.29, 0.717) is 11.3 Å². The summed E-state index contributed by atoms with van der Waals surface area (Å²) < 4.78 is 0.855. The van der Waals surface area contributed by atoms with Crippen molar-refractivity contribution in [1.82, 2.24) is 9.97 Å². The molecule has 2 fully saturated rings. The van der Waals surface area contributed by atoms with Crippen molar-refractivity contribution in [3.63, 3.8) is 0 Å². The molecule has 18 heavy (non-hydrogen) atoms. The Hall–Kier alpha value is -0.680. The van der Waals surface area contributed by atoms with Gasteiger partial charge in [-0.25, -0.2) is 9.97 Å². The van der Waals surface area contributed by atoms with Crippen LogP contribution < -0.4 is 5.32 Å². The number of nitrogens with zero attached hydrogens (tertiary/aromatic N) is 2. The maximum atomic E-state index is 9.05. The summed E-state index contributed by atoms with van der Waals surface area (Å²) >= 11 is 3.44. The Morgan fingerprint density at radius 2 is 2.17 bits per heavy atom. The Bertz CT molecular complexity index is 444. The summed E-state index contributed by atoms with van der Waals surface area (Å²) in [6.07, 6.45) is 5.74. The van der Waals surface area contributed by atoms with Gasteiger partial charge in [0.2, 0.25) is 0 Å². The molecule has 1 heterocycles. The Kier molecular flexibility index (Phi) is 3.28. The lowest BCUT2D eigenvalue weighted by Gasteiger charge is -2.15. The number of nitrogens with one attached hydrogen (secondary N) is 1. The summed E-state index contributed by atoms with van der Waals surface area (Å²) in [6, 6.07) is 1.93. The predicted molar refractivity (Wildman–Crippen MR) is 73.6 cm³/mol. The van der Waals surface area contributed by atoms with E-state index in [2.05, 4.69) is 31.2 Å². The lowest BCUT2D eigenvalue weighted by Crippen LogP contribution is -2.17. The van der Waals surface area contributed by atoms with Gasteiger partial charge in [0.15, 0.2) is 0 Å². The van der Waals surface area contributed by atoms with E-state index in [-0.39, 0.29) is 6.61 Å². The zero-order chi connectivity index (χ0) is 12.6. The van der Waals surface area contributed by atoms with Crippen LogP contribution >= 0.6 is 15.9 Å². The van der Waals surface area contributed by atoms with Crippen LogP contribution in [0.3, 0.4) is 0 Å². The molecule has 0 aromatic carbocycles. The molecule has 0 radical (unpaired) electrons. The van der Waals surface area contributed by atoms with Crippen molar-refractivity contribution in [2.75, 3.05) is 18.5 Å². The van der Waals surface area contributed by atoms with E-state index in [9.17, 15) is 0 Å². The molecule has 0 spiro atoms. The molecule has 0 atom stereocenters. The molecule has 0 amide bonds. The highest BCUT2D eigenvalue weighted by Crippen LogP contribution is 2.48. The van der Waals surface area contributed by atoms with E-state index < -0.39 is 0 Å². The minimum Gasteiger partial charge on any atom is -0.396 e. The summed E-state index contributed by atoms with van der Waals surface area (Å²) in [5, 5.41) is 12.5. The highest BCUT2D eigenvalue weighted by atomic mass is 79.9. The quantitative estimate of drug-likeness (QED) is 0.793. The fraction of sp³-hybridized carbons (Fsp3) is 0.692. The molecule has 5 heteroatoms. The van der Waals surface area contributed by atoms with Crippen molar-refractivity contribution < 1.29 is 5.11 Å². The first-order valence-corrected chi connectivity index (χ1v) is 7.39. The summed E-state index contributed by atoms with van der Waals surface area (Å²) in [5.74, 6) is 2.43. The van der Waals surface area contributed by atoms with Crippen LogP contribution in [0.15, 0.2) is 10.7 Å². The van der Waals surface area contributed by atoms with Crippen molar-refractivity contribution in [1.29, 1.82) is 0 Å². The second-order valence-electron chi connectivity index (χ2n) is 5.54. The van der Waals surface area contributed by atoms with Gasteiger partial charge in [0.25, 0.3) is 0 Å². The molecule has 4 nitrogen and oxygen atoms in total. The Balaban J connectivity index is 1.65. The minimum atomic E-state index is 0.280. The molecule has 2 N–H and O–H groups in total. The summed E-state index contributed by atoms with van der Waals surface area (Å²) in [6.45, 7) is 1.18. The highest BCUT2D eigenvalue weighted by molar-refractivity contribution is 9.10. The van der Waals surface area contributed by atoms with Gasteiger partial charge in [-0.15, -0.1) is 0 Å². The Morgan fingerprint density at radius 3 is 2.78 bits per heavy atom. The molecule has 3 rings (SSSR count). The first kappa shape index (κ1) is 12.4. The first-order valence-electron chi connectivity index (χ1n) is 6.60. The molecule has 0 bridgehead atoms. The van der Waals surface area contributed by atoms with Crippen LogP contribution in [0, 0.1) is 5.41 Å². The average Bonchev–Trinajstić information content (AvgIpc) is 3.22. The van der Waals surface area contributed by atoms with Crippen LogP contribution in [0.25, 0.3) is 0 Å². The third kappa shape index (κ3) is 2.83. The smallest absolute Gasteiger partial charge is 0.135 e. The Labute approximate surface area is 115 Å². The molecule has 2 saturated carbocycles. The fourth-order valence-electron chi connectivity index (χ4n) is 2.26. The number of hydrogen-bond donors (Lipinski definition) is 2. The SMILES string of the molecule is OCCC1(CNc2cc(Br)nc(C3CC3)n2)CC1. The molecule has 1 aromatic heterocycles. The monoisotopic (exact) mass is 311 g/mol. The zero-order valence-corrected chi connectivity index (χ0v) is 11.9. The van der Waals surface area contributed by atoms with Crippen LogP contribution in [0.4, 0.5) is 5.82 Å². The molecular weight excluding hydrogens is 294 g/mol. The largest absolute Gasteiger partial charge is 0.396 e. The molecule has 1 aromatic rings. The second-order valence-corrected chi connectivity index (χ2v) is 6.35. The van der Waals surface area contributed by atoms with E-state index in [1.54, 1.807) is 0 Å². The number of aliphatic hydroxyl groups is 1. The molecule has 0 saturated heterocycles. The number of aliphatic hydroxyl groups excluding tert-OH is 1. The van der Waals surface area contributed by atoms with E-state index in [4.69, 9.17) is 5.11 Å². The maximum Gasteiger partial charge on any atom is 0.135 e. The number of anilines is 1. The van der Waals surface area contributed by atoms with E-state index in [1.807, 2.05) is 6.07 Å². The standard InChI is InChI=1S/C13H18BrN3O/c14-10-7-11(17-12(16-10)9-1-2-9)15-8-13(3-4-13)5-6-18/h7,9,18H,1-6,8H2,(H,15,16,17). The summed E-state index contributed by atoms with van der Waals surface area (Å²) in [4.78, 5) is 8.99. The van der Waals surface area contributed by atoms with E-state index >= 15 is 0 Å². The van der Waals surface area contributed by atoms with Crippen LogP contribution in [0.1, 0.15) is 43.8 Å². The van der Waals surface area contributed by atoms with Crippen LogP contribution in [-0.4, -0.2) is 28.2 Å². The van der Waals surface area contributed by atoms with Gasteiger partial charge in [-0.2, -0.15) is 0 Å². The molecule has 2 aliphatic rings. The van der Waals surface area contributed by atoms with Gasteiger partial charge < -0.3 is 10.4 Å². The topological polar surface area (TPSA) is 58.0 Å². The third-order valence-electron chi connectivity index (χ3n) is 3.90. The van der Waals surface area contributed by atoms with Crippen molar-refractivity contribution in [3.8, 4) is 0 Å². The van der Waals surface area contributed by atoms with Gasteiger partial charge in [0.1, 0.15) is 16.2 Å². The number of rotatable bonds is 6. The molecule has 98 valence electrons. The number of halogens is 1. The van der Waals surface area contributed by atoms with Gasteiger partial charge in [0.05, 0.1) is 0 Å². The molecule has 0 aliphatic heterocycles. The second kappa shape index (κ2) is 4.78. The average molecular weight is 312 g/mol. The van der Waals surface area contributed by atoms with Gasteiger partial charge >= 0.3 is 0 Å². The number of aromatic nitrogens is 2. The molecule has 0 unspecified atom stereocenters. The third-order valence-corrected chi connectivity index (χ3v) is 4.30. The van der Waals surface area contributed by atoms with Crippen LogP contribution in [-0.2, 0) is 0 Å². The van der Waals surface area contributed by atoms with Crippen molar-refractivity contribution in [2.24, 2.45) is 5.41 Å². The van der Waals surface area contributed by atoms with Gasteiger partial charge in [-0.05, 0) is 53.4 Å². The number of hydrogen-bond acceptors (Lipinski definition) is 4. The zero-order valence-electron chi connectivity index (χ0n) is 10.3. The molecule has 2 aliphatic carbocycles. The normalized spacial score (nSPS) is 20.8. The van der Waals surface area contributed by atoms with E-state index in [1.165, 1.54) is 25.7 Å². The fourth-order valence-corrected chi connectivity index (χ4v) is 2.66. The van der Waals surface area contributed by atoms with Gasteiger partial charge in [-0.3, -0.25) is 0 Å². The van der Waals surface area contributed by atoms with Crippen molar-refractivity contribution >= 4 is 21.7 Å². The lowest BCUT2D eigenvalue weighted by molar-refractivity contribution is 0.253. The summed E-state index contributed by atoms with van der Waals surface area (Å²) in [7, 11) is 0. The van der Waals surface area contributed by atoms with Crippen molar-refractivity contribution in [2.45, 2.75) is 38.0 Å². The Morgan fingerprint density at radius 1 is 1.39 bits per heavy atom. The van der Waals surface area contributed by atoms with Gasteiger partial charge in [0, 0.05) is 25.1 Å². The molecular formula is C13H18BrN3O.